The van der Waals surface area contributed by atoms with Gasteiger partial charge in [0.15, 0.2) is 0 Å². The summed E-state index contributed by atoms with van der Waals surface area (Å²) < 4.78 is 0. The summed E-state index contributed by atoms with van der Waals surface area (Å²) >= 11 is -3.28. The van der Waals surface area contributed by atoms with E-state index in [4.69, 9.17) is 48.2 Å². The van der Waals surface area contributed by atoms with Crippen LogP contribution in [0.2, 0.25) is 0 Å². The van der Waals surface area contributed by atoms with Crippen LogP contribution in [0.25, 0.3) is 0 Å². The summed E-state index contributed by atoms with van der Waals surface area (Å²) in [7, 11) is 20.1. The number of rotatable bonds is 0. The Labute approximate surface area is 85.5 Å². The van der Waals surface area contributed by atoms with Gasteiger partial charge in [0.25, 0.3) is 0 Å². The maximum absolute atomic E-state index is 7.32. The SMILES string of the molecule is CC#N.CC#N.[Cl][W]([Cl])([Cl])[Cl]. The minimum absolute atomic E-state index is 1.43. The van der Waals surface area contributed by atoms with E-state index in [-0.39, 0.29) is 0 Å². The molecule has 0 aliphatic rings. The van der Waals surface area contributed by atoms with Crippen LogP contribution in [0.3, 0.4) is 0 Å². The molecule has 0 atom stereocenters. The standard InChI is InChI=1S/2C2H3N.4ClH.W/c2*1-2-3;;;;;/h2*1H3;4*1H;/q;;;;;;+4/p-4. The minimum atomic E-state index is -3.28. The summed E-state index contributed by atoms with van der Waals surface area (Å²) in [6.07, 6.45) is 0. The van der Waals surface area contributed by atoms with Crippen LogP contribution < -0.4 is 0 Å². The van der Waals surface area contributed by atoms with Crippen LogP contribution in [-0.4, -0.2) is 0 Å². The van der Waals surface area contributed by atoms with E-state index in [1.165, 1.54) is 13.8 Å². The zero-order valence-corrected chi connectivity index (χ0v) is 11.8. The fourth-order valence-electron chi connectivity index (χ4n) is 0. The fraction of sp³-hybridized carbons (Fsp3) is 0.500. The predicted molar refractivity (Wildman–Crippen MR) is 46.0 cm³/mol. The molecular weight excluding hydrogens is 402 g/mol. The Balaban J connectivity index is -0.0000000933. The molecular formula is C4H6Cl4N2W. The second-order valence-corrected chi connectivity index (χ2v) is 26.2. The van der Waals surface area contributed by atoms with Gasteiger partial charge in [-0.3, -0.25) is 0 Å². The molecule has 0 aromatic carbocycles. The van der Waals surface area contributed by atoms with Crippen molar-refractivity contribution in [1.29, 1.82) is 10.5 Å². The van der Waals surface area contributed by atoms with Crippen LogP contribution in [0.4, 0.5) is 0 Å². The average molecular weight is 408 g/mol. The van der Waals surface area contributed by atoms with E-state index in [1.807, 2.05) is 0 Å². The molecule has 0 spiro atoms. The Bertz CT molecular complexity index is 124. The van der Waals surface area contributed by atoms with Gasteiger partial charge in [0.1, 0.15) is 0 Å². The summed E-state index contributed by atoms with van der Waals surface area (Å²) in [5, 5.41) is 14.6. The molecule has 0 bridgehead atoms. The second-order valence-electron chi connectivity index (χ2n) is 0.797. The fourth-order valence-corrected chi connectivity index (χ4v) is 0. The molecule has 0 saturated carbocycles. The van der Waals surface area contributed by atoms with Gasteiger partial charge in [-0.1, -0.05) is 0 Å². The van der Waals surface area contributed by atoms with Crippen molar-refractivity contribution >= 4 is 37.7 Å². The summed E-state index contributed by atoms with van der Waals surface area (Å²) in [6, 6.07) is 3.50. The van der Waals surface area contributed by atoms with Crippen molar-refractivity contribution in [2.45, 2.75) is 13.8 Å². The monoisotopic (exact) mass is 406 g/mol. The van der Waals surface area contributed by atoms with E-state index in [9.17, 15) is 0 Å². The zero-order valence-electron chi connectivity index (χ0n) is 5.81. The Morgan fingerprint density at radius 1 is 0.909 bits per heavy atom. The van der Waals surface area contributed by atoms with Crippen LogP contribution in [0.15, 0.2) is 0 Å². The van der Waals surface area contributed by atoms with Crippen LogP contribution in [0.5, 0.6) is 0 Å². The number of hydrogen-bond acceptors (Lipinski definition) is 2. The van der Waals surface area contributed by atoms with Crippen molar-refractivity contribution in [1.82, 2.24) is 0 Å². The Kier molecular flexibility index (Phi) is 21.7. The summed E-state index contributed by atoms with van der Waals surface area (Å²) in [5.41, 5.74) is 0. The molecule has 0 aromatic rings. The van der Waals surface area contributed by atoms with Crippen LogP contribution in [-0.2, 0) is 11.9 Å². The van der Waals surface area contributed by atoms with Crippen LogP contribution in [0.1, 0.15) is 13.8 Å². The van der Waals surface area contributed by atoms with Crippen molar-refractivity contribution in [2.24, 2.45) is 0 Å². The van der Waals surface area contributed by atoms with E-state index in [1.54, 1.807) is 12.1 Å². The van der Waals surface area contributed by atoms with Gasteiger partial charge >= 0.3 is 49.6 Å². The Morgan fingerprint density at radius 2 is 0.909 bits per heavy atom. The first-order valence-electron chi connectivity index (χ1n) is 2.06. The van der Waals surface area contributed by atoms with Crippen LogP contribution >= 0.6 is 37.7 Å². The van der Waals surface area contributed by atoms with Gasteiger partial charge in [-0.2, -0.15) is 10.5 Å². The van der Waals surface area contributed by atoms with Gasteiger partial charge in [0.05, 0.1) is 12.1 Å². The topological polar surface area (TPSA) is 47.6 Å². The van der Waals surface area contributed by atoms with E-state index in [0.717, 1.165) is 0 Å². The number of halogens is 4. The van der Waals surface area contributed by atoms with Gasteiger partial charge in [0, 0.05) is 13.8 Å². The van der Waals surface area contributed by atoms with Crippen molar-refractivity contribution < 1.29 is 11.9 Å². The van der Waals surface area contributed by atoms with Crippen LogP contribution in [0, 0.1) is 22.7 Å². The molecule has 66 valence electrons. The third kappa shape index (κ3) is 1230. The number of nitrogens with zero attached hydrogens (tertiary/aromatic N) is 2. The molecule has 0 aliphatic carbocycles. The van der Waals surface area contributed by atoms with Crippen molar-refractivity contribution in [3.8, 4) is 12.1 Å². The summed E-state index contributed by atoms with van der Waals surface area (Å²) in [6.45, 7) is 2.86. The van der Waals surface area contributed by atoms with Gasteiger partial charge in [-0.25, -0.2) is 0 Å². The molecule has 0 aliphatic heterocycles. The van der Waals surface area contributed by atoms with Gasteiger partial charge in [0.2, 0.25) is 0 Å². The van der Waals surface area contributed by atoms with Crippen molar-refractivity contribution in [3.63, 3.8) is 0 Å². The van der Waals surface area contributed by atoms with Gasteiger partial charge in [-0.15, -0.1) is 0 Å². The first-order chi connectivity index (χ1) is 4.83. The second kappa shape index (κ2) is 13.4. The first kappa shape index (κ1) is 17.8. The Morgan fingerprint density at radius 3 is 0.909 bits per heavy atom. The van der Waals surface area contributed by atoms with E-state index >= 15 is 0 Å². The molecule has 0 aromatic heterocycles. The van der Waals surface area contributed by atoms with Gasteiger partial charge in [-0.05, 0) is 0 Å². The third-order valence-electron chi connectivity index (χ3n) is 0. The van der Waals surface area contributed by atoms with Crippen molar-refractivity contribution in [3.05, 3.63) is 0 Å². The van der Waals surface area contributed by atoms with E-state index in [0.29, 0.717) is 0 Å². The molecule has 0 amide bonds. The number of nitriles is 2. The predicted octanol–water partition coefficient (Wildman–Crippen LogP) is 3.82. The molecule has 0 fully saturated rings. The van der Waals surface area contributed by atoms with E-state index in [2.05, 4.69) is 0 Å². The Hall–Kier alpha value is 0.828. The summed E-state index contributed by atoms with van der Waals surface area (Å²) in [4.78, 5) is 0. The molecule has 0 N–H and O–H groups in total. The average Bonchev–Trinajstić information content (AvgIpc) is 1.62. The van der Waals surface area contributed by atoms with Gasteiger partial charge < -0.3 is 0 Å². The zero-order chi connectivity index (χ0) is 9.91. The first-order valence-corrected chi connectivity index (χ1v) is 16.6. The molecule has 0 radical (unpaired) electrons. The molecule has 11 heavy (non-hydrogen) atoms. The summed E-state index contributed by atoms with van der Waals surface area (Å²) in [5.74, 6) is 0. The molecule has 7 heteroatoms. The molecule has 0 rings (SSSR count). The molecule has 2 nitrogen and oxygen atoms in total. The normalized spacial score (nSPS) is 8.36. The molecule has 0 heterocycles. The molecule has 0 unspecified atom stereocenters. The number of hydrogen-bond donors (Lipinski definition) is 0. The third-order valence-corrected chi connectivity index (χ3v) is 0. The van der Waals surface area contributed by atoms with Crippen molar-refractivity contribution in [2.75, 3.05) is 0 Å². The quantitative estimate of drug-likeness (QED) is 0.613. The van der Waals surface area contributed by atoms with E-state index < -0.39 is 11.9 Å². The maximum atomic E-state index is 7.32. The molecule has 0 saturated heterocycles.